The standard InChI is InChI=1S/C17H11Cl2NO2/c18-12-4-1-3-11(9-12)15-7-8-16(22-15)17(21)20-14-6-2-5-13(19)10-14/h1-10H,(H,20,21). The van der Waals surface area contributed by atoms with Crippen LogP contribution in [0.3, 0.4) is 0 Å². The van der Waals surface area contributed by atoms with Crippen LogP contribution >= 0.6 is 23.2 Å². The molecule has 0 saturated heterocycles. The van der Waals surface area contributed by atoms with E-state index >= 15 is 0 Å². The van der Waals surface area contributed by atoms with E-state index in [-0.39, 0.29) is 11.7 Å². The second-order valence-electron chi connectivity index (χ2n) is 4.64. The van der Waals surface area contributed by atoms with Crippen LogP contribution in [0.2, 0.25) is 10.0 Å². The molecule has 1 aromatic heterocycles. The first-order valence-electron chi connectivity index (χ1n) is 6.54. The second-order valence-corrected chi connectivity index (χ2v) is 5.51. The van der Waals surface area contributed by atoms with E-state index in [9.17, 15) is 4.79 Å². The minimum absolute atomic E-state index is 0.218. The van der Waals surface area contributed by atoms with Crippen molar-refractivity contribution in [1.82, 2.24) is 0 Å². The van der Waals surface area contributed by atoms with Gasteiger partial charge in [-0.25, -0.2) is 0 Å². The zero-order chi connectivity index (χ0) is 15.5. The van der Waals surface area contributed by atoms with Gasteiger partial charge in [-0.05, 0) is 42.5 Å². The highest BCUT2D eigenvalue weighted by Gasteiger charge is 2.12. The third kappa shape index (κ3) is 3.32. The molecule has 22 heavy (non-hydrogen) atoms. The number of amides is 1. The van der Waals surface area contributed by atoms with E-state index in [2.05, 4.69) is 5.32 Å². The van der Waals surface area contributed by atoms with Gasteiger partial charge in [-0.3, -0.25) is 4.79 Å². The van der Waals surface area contributed by atoms with Crippen LogP contribution in [0.5, 0.6) is 0 Å². The van der Waals surface area contributed by atoms with Gasteiger partial charge < -0.3 is 9.73 Å². The molecular formula is C17H11Cl2NO2. The molecule has 1 N–H and O–H groups in total. The Morgan fingerprint density at radius 2 is 1.64 bits per heavy atom. The topological polar surface area (TPSA) is 42.2 Å². The summed E-state index contributed by atoms with van der Waals surface area (Å²) in [4.78, 5) is 12.2. The van der Waals surface area contributed by atoms with Crippen molar-refractivity contribution in [2.75, 3.05) is 5.32 Å². The summed E-state index contributed by atoms with van der Waals surface area (Å²) in [6.45, 7) is 0. The molecule has 110 valence electrons. The number of benzene rings is 2. The normalized spacial score (nSPS) is 10.5. The fraction of sp³-hybridized carbons (Fsp3) is 0. The Labute approximate surface area is 137 Å². The molecule has 0 aliphatic carbocycles. The van der Waals surface area contributed by atoms with Gasteiger partial charge in [0.15, 0.2) is 5.76 Å². The fourth-order valence-electron chi connectivity index (χ4n) is 2.02. The molecule has 1 amide bonds. The fourth-order valence-corrected chi connectivity index (χ4v) is 2.40. The lowest BCUT2D eigenvalue weighted by Crippen LogP contribution is -2.10. The highest BCUT2D eigenvalue weighted by Crippen LogP contribution is 2.25. The van der Waals surface area contributed by atoms with E-state index in [0.29, 0.717) is 21.5 Å². The summed E-state index contributed by atoms with van der Waals surface area (Å²) >= 11 is 11.8. The Bertz CT molecular complexity index is 827. The molecule has 0 bridgehead atoms. The first kappa shape index (κ1) is 14.7. The third-order valence-corrected chi connectivity index (χ3v) is 3.49. The van der Waals surface area contributed by atoms with E-state index in [4.69, 9.17) is 27.6 Å². The summed E-state index contributed by atoms with van der Waals surface area (Å²) in [6, 6.07) is 17.5. The van der Waals surface area contributed by atoms with E-state index in [1.54, 1.807) is 48.5 Å². The quantitative estimate of drug-likeness (QED) is 0.687. The van der Waals surface area contributed by atoms with Crippen molar-refractivity contribution in [2.45, 2.75) is 0 Å². The predicted octanol–water partition coefficient (Wildman–Crippen LogP) is 5.51. The summed E-state index contributed by atoms with van der Waals surface area (Å²) in [5.74, 6) is 0.462. The number of carbonyl (C=O) groups excluding carboxylic acids is 1. The average Bonchev–Trinajstić information content (AvgIpc) is 2.97. The molecule has 3 nitrogen and oxygen atoms in total. The third-order valence-electron chi connectivity index (χ3n) is 3.02. The summed E-state index contributed by atoms with van der Waals surface area (Å²) in [6.07, 6.45) is 0. The number of hydrogen-bond acceptors (Lipinski definition) is 2. The number of furan rings is 1. The van der Waals surface area contributed by atoms with Crippen molar-refractivity contribution in [3.63, 3.8) is 0 Å². The van der Waals surface area contributed by atoms with E-state index < -0.39 is 0 Å². The minimum atomic E-state index is -0.337. The molecule has 0 aliphatic rings. The van der Waals surface area contributed by atoms with Crippen molar-refractivity contribution in [1.29, 1.82) is 0 Å². The molecule has 0 saturated carbocycles. The Morgan fingerprint density at radius 1 is 0.909 bits per heavy atom. The maximum absolute atomic E-state index is 12.2. The largest absolute Gasteiger partial charge is 0.451 e. The van der Waals surface area contributed by atoms with Crippen LogP contribution in [0.25, 0.3) is 11.3 Å². The van der Waals surface area contributed by atoms with Crippen LogP contribution < -0.4 is 5.32 Å². The molecule has 1 heterocycles. The Hall–Kier alpha value is -2.23. The summed E-state index contributed by atoms with van der Waals surface area (Å²) in [7, 11) is 0. The lowest BCUT2D eigenvalue weighted by atomic mass is 10.2. The molecule has 3 rings (SSSR count). The lowest BCUT2D eigenvalue weighted by molar-refractivity contribution is 0.0997. The Balaban J connectivity index is 1.80. The summed E-state index contributed by atoms with van der Waals surface area (Å²) in [5, 5.41) is 3.89. The number of hydrogen-bond donors (Lipinski definition) is 1. The van der Waals surface area contributed by atoms with Crippen LogP contribution in [-0.4, -0.2) is 5.91 Å². The number of halogens is 2. The van der Waals surface area contributed by atoms with Gasteiger partial charge in [-0.15, -0.1) is 0 Å². The van der Waals surface area contributed by atoms with E-state index in [1.807, 2.05) is 12.1 Å². The van der Waals surface area contributed by atoms with E-state index in [0.717, 1.165) is 5.56 Å². The van der Waals surface area contributed by atoms with Crippen LogP contribution in [0.1, 0.15) is 10.6 Å². The van der Waals surface area contributed by atoms with Gasteiger partial charge in [0.1, 0.15) is 5.76 Å². The van der Waals surface area contributed by atoms with Gasteiger partial charge >= 0.3 is 0 Å². The molecule has 0 spiro atoms. The maximum atomic E-state index is 12.2. The van der Waals surface area contributed by atoms with Gasteiger partial charge in [0.25, 0.3) is 5.91 Å². The molecule has 3 aromatic rings. The van der Waals surface area contributed by atoms with Gasteiger partial charge in [0.05, 0.1) is 0 Å². The van der Waals surface area contributed by atoms with Crippen molar-refractivity contribution >= 4 is 34.8 Å². The molecule has 0 radical (unpaired) electrons. The summed E-state index contributed by atoms with van der Waals surface area (Å²) in [5.41, 5.74) is 1.42. The number of nitrogens with one attached hydrogen (secondary N) is 1. The van der Waals surface area contributed by atoms with Crippen molar-refractivity contribution in [3.8, 4) is 11.3 Å². The zero-order valence-electron chi connectivity index (χ0n) is 11.3. The highest BCUT2D eigenvalue weighted by molar-refractivity contribution is 6.31. The molecule has 0 unspecified atom stereocenters. The average molecular weight is 332 g/mol. The molecular weight excluding hydrogens is 321 g/mol. The van der Waals surface area contributed by atoms with Gasteiger partial charge in [-0.1, -0.05) is 41.4 Å². The molecule has 5 heteroatoms. The Kier molecular flexibility index (Phi) is 4.18. The van der Waals surface area contributed by atoms with Crippen LogP contribution in [0, 0.1) is 0 Å². The van der Waals surface area contributed by atoms with Crippen molar-refractivity contribution in [2.24, 2.45) is 0 Å². The maximum Gasteiger partial charge on any atom is 0.291 e. The van der Waals surface area contributed by atoms with Crippen LogP contribution in [0.15, 0.2) is 65.1 Å². The van der Waals surface area contributed by atoms with Crippen LogP contribution in [-0.2, 0) is 0 Å². The first-order chi connectivity index (χ1) is 10.6. The second kappa shape index (κ2) is 6.26. The minimum Gasteiger partial charge on any atom is -0.451 e. The predicted molar refractivity (Wildman–Crippen MR) is 88.6 cm³/mol. The monoisotopic (exact) mass is 331 g/mol. The number of carbonyl (C=O) groups is 1. The highest BCUT2D eigenvalue weighted by atomic mass is 35.5. The number of anilines is 1. The smallest absolute Gasteiger partial charge is 0.291 e. The zero-order valence-corrected chi connectivity index (χ0v) is 12.9. The molecule has 0 atom stereocenters. The summed E-state index contributed by atoms with van der Waals surface area (Å²) < 4.78 is 5.59. The van der Waals surface area contributed by atoms with Gasteiger partial charge in [-0.2, -0.15) is 0 Å². The number of rotatable bonds is 3. The lowest BCUT2D eigenvalue weighted by Gasteiger charge is -2.03. The van der Waals surface area contributed by atoms with Gasteiger partial charge in [0, 0.05) is 21.3 Å². The first-order valence-corrected chi connectivity index (χ1v) is 7.30. The van der Waals surface area contributed by atoms with Crippen molar-refractivity contribution < 1.29 is 9.21 Å². The molecule has 0 fully saturated rings. The van der Waals surface area contributed by atoms with E-state index in [1.165, 1.54) is 0 Å². The Morgan fingerprint density at radius 3 is 2.36 bits per heavy atom. The SMILES string of the molecule is O=C(Nc1cccc(Cl)c1)c1ccc(-c2cccc(Cl)c2)o1. The van der Waals surface area contributed by atoms with Gasteiger partial charge in [0.2, 0.25) is 0 Å². The van der Waals surface area contributed by atoms with Crippen LogP contribution in [0.4, 0.5) is 5.69 Å². The van der Waals surface area contributed by atoms with Crippen molar-refractivity contribution in [3.05, 3.63) is 76.5 Å². The molecule has 2 aromatic carbocycles. The molecule has 0 aliphatic heterocycles.